The van der Waals surface area contributed by atoms with Crippen LogP contribution in [0.4, 0.5) is 5.69 Å². The topological polar surface area (TPSA) is 7.68 Å². The van der Waals surface area contributed by atoms with Crippen molar-refractivity contribution in [2.24, 2.45) is 0 Å². The van der Waals surface area contributed by atoms with Crippen LogP contribution in [0.1, 0.15) is 0 Å². The lowest BCUT2D eigenvalue weighted by atomic mass is 10.2. The predicted octanol–water partition coefficient (Wildman–Crippen LogP) is 1.49. The minimum atomic E-state index is 0.624. The van der Waals surface area contributed by atoms with Gasteiger partial charge in [-0.3, -0.25) is 0 Å². The molecule has 1 saturated heterocycles. The van der Waals surface area contributed by atoms with Crippen LogP contribution in [0.25, 0.3) is 0 Å². The van der Waals surface area contributed by atoms with Crippen molar-refractivity contribution in [3.8, 4) is 0 Å². The van der Waals surface area contributed by atoms with Gasteiger partial charge in [0.15, 0.2) is 0 Å². The van der Waals surface area contributed by atoms with E-state index in [2.05, 4.69) is 11.9 Å². The Hall–Kier alpha value is -0.440. The van der Waals surface area contributed by atoms with Crippen LogP contribution in [0.3, 0.4) is 0 Å². The summed E-state index contributed by atoms with van der Waals surface area (Å²) in [5, 5.41) is 1.28. The summed E-state index contributed by atoms with van der Waals surface area (Å²) in [4.78, 5) is 3.59. The molecular weight excluding hydrogens is 231 g/mol. The zero-order valence-corrected chi connectivity index (χ0v) is 9.98. The van der Waals surface area contributed by atoms with Crippen LogP contribution in [0.5, 0.6) is 0 Å². The van der Waals surface area contributed by atoms with E-state index in [0.29, 0.717) is 10.0 Å². The lowest BCUT2D eigenvalue weighted by molar-refractivity contribution is -0.854. The average molecular weight is 245 g/mol. The fourth-order valence-electron chi connectivity index (χ4n) is 1.80. The molecule has 0 aromatic heterocycles. The normalized spacial score (nSPS) is 18.2. The Morgan fingerprint density at radius 1 is 1.20 bits per heavy atom. The summed E-state index contributed by atoms with van der Waals surface area (Å²) < 4.78 is 0. The monoisotopic (exact) mass is 244 g/mol. The number of hydrogen-bond donors (Lipinski definition) is 1. The molecule has 2 nitrogen and oxygen atoms in total. The Kier molecular flexibility index (Phi) is 3.39. The molecule has 1 aromatic carbocycles. The highest BCUT2D eigenvalue weighted by Gasteiger charge is 2.17. The quantitative estimate of drug-likeness (QED) is 0.736. The molecule has 1 heterocycles. The molecule has 1 fully saturated rings. The van der Waals surface area contributed by atoms with Crippen molar-refractivity contribution in [3.63, 3.8) is 0 Å². The zero-order valence-electron chi connectivity index (χ0n) is 8.47. The Morgan fingerprint density at radius 3 is 2.53 bits per heavy atom. The number of hydrogen-bond acceptors (Lipinski definition) is 1. The van der Waals surface area contributed by atoms with Crippen LogP contribution in [0.2, 0.25) is 10.0 Å². The van der Waals surface area contributed by atoms with Gasteiger partial charge in [-0.1, -0.05) is 29.3 Å². The SMILES string of the molecule is [CH2-][NH+]1CCN(c2cccc(Cl)c2Cl)CC1. The molecule has 0 saturated carbocycles. The highest BCUT2D eigenvalue weighted by atomic mass is 35.5. The lowest BCUT2D eigenvalue weighted by Crippen LogP contribution is -3.10. The first-order valence-electron chi connectivity index (χ1n) is 5.04. The maximum Gasteiger partial charge on any atom is 0.0825 e. The second kappa shape index (κ2) is 4.60. The first-order chi connectivity index (χ1) is 7.18. The largest absolute Gasteiger partial charge is 0.465 e. The smallest absolute Gasteiger partial charge is 0.0825 e. The highest BCUT2D eigenvalue weighted by molar-refractivity contribution is 6.43. The standard InChI is InChI=1S/C11H14Cl2N2/c1-14-5-7-15(8-6-14)10-4-2-3-9(12)11(10)13/h2-4,14H,1,5-8H2. The predicted molar refractivity (Wildman–Crippen MR) is 64.7 cm³/mol. The molecule has 0 radical (unpaired) electrons. The van der Waals surface area contributed by atoms with E-state index in [1.807, 2.05) is 18.2 Å². The minimum Gasteiger partial charge on any atom is -0.465 e. The molecule has 0 atom stereocenters. The molecule has 0 bridgehead atoms. The number of halogens is 2. The third kappa shape index (κ3) is 2.39. The molecule has 0 unspecified atom stereocenters. The van der Waals surface area contributed by atoms with E-state index in [1.54, 1.807) is 0 Å². The summed E-state index contributed by atoms with van der Waals surface area (Å²) in [6, 6.07) is 5.77. The molecule has 0 spiro atoms. The van der Waals surface area contributed by atoms with Gasteiger partial charge in [0.2, 0.25) is 0 Å². The third-order valence-electron chi connectivity index (χ3n) is 2.74. The van der Waals surface area contributed by atoms with Crippen molar-refractivity contribution in [2.45, 2.75) is 0 Å². The van der Waals surface area contributed by atoms with Crippen LogP contribution in [0.15, 0.2) is 18.2 Å². The maximum atomic E-state index is 6.17. The van der Waals surface area contributed by atoms with Gasteiger partial charge in [-0.2, -0.15) is 7.05 Å². The Morgan fingerprint density at radius 2 is 1.87 bits per heavy atom. The lowest BCUT2D eigenvalue weighted by Gasteiger charge is -2.35. The first-order valence-corrected chi connectivity index (χ1v) is 5.79. The molecular formula is C11H14Cl2N2. The molecule has 1 aliphatic rings. The van der Waals surface area contributed by atoms with Gasteiger partial charge < -0.3 is 9.80 Å². The molecule has 15 heavy (non-hydrogen) atoms. The number of nitrogens with zero attached hydrogens (tertiary/aromatic N) is 1. The van der Waals surface area contributed by atoms with Crippen LogP contribution in [0, 0.1) is 7.05 Å². The van der Waals surface area contributed by atoms with Gasteiger partial charge in [-0.25, -0.2) is 0 Å². The van der Waals surface area contributed by atoms with Crippen molar-refractivity contribution < 1.29 is 4.90 Å². The number of nitrogens with one attached hydrogen (secondary N) is 1. The summed E-state index contributed by atoms with van der Waals surface area (Å²) in [6.45, 7) is 4.06. The fraction of sp³-hybridized carbons (Fsp3) is 0.364. The Labute approximate surface area is 100 Å². The molecule has 0 amide bonds. The first kappa shape index (κ1) is 11.1. The zero-order chi connectivity index (χ0) is 10.8. The number of piperazine rings is 1. The van der Waals surface area contributed by atoms with Crippen molar-refractivity contribution in [1.29, 1.82) is 0 Å². The molecule has 0 aliphatic carbocycles. The van der Waals surface area contributed by atoms with Gasteiger partial charge in [0, 0.05) is 0 Å². The van der Waals surface area contributed by atoms with E-state index in [-0.39, 0.29) is 0 Å². The van der Waals surface area contributed by atoms with E-state index in [1.165, 1.54) is 4.90 Å². The molecule has 1 N–H and O–H groups in total. The van der Waals surface area contributed by atoms with Crippen LogP contribution in [-0.4, -0.2) is 26.2 Å². The second-order valence-corrected chi connectivity index (χ2v) is 4.60. The fourth-order valence-corrected chi connectivity index (χ4v) is 2.22. The van der Waals surface area contributed by atoms with E-state index >= 15 is 0 Å². The minimum absolute atomic E-state index is 0.624. The summed E-state index contributed by atoms with van der Waals surface area (Å²) in [7, 11) is 4.00. The average Bonchev–Trinajstić information content (AvgIpc) is 2.24. The van der Waals surface area contributed by atoms with Gasteiger partial charge in [-0.05, 0) is 12.1 Å². The molecule has 1 aromatic rings. The molecule has 2 rings (SSSR count). The van der Waals surface area contributed by atoms with Gasteiger partial charge in [0.1, 0.15) is 0 Å². The van der Waals surface area contributed by atoms with E-state index in [0.717, 1.165) is 31.9 Å². The second-order valence-electron chi connectivity index (χ2n) is 3.81. The Bertz CT molecular complexity index is 346. The van der Waals surface area contributed by atoms with E-state index in [9.17, 15) is 0 Å². The summed E-state index contributed by atoms with van der Waals surface area (Å²) >= 11 is 12.2. The van der Waals surface area contributed by atoms with Crippen LogP contribution < -0.4 is 9.80 Å². The van der Waals surface area contributed by atoms with Gasteiger partial charge in [0.25, 0.3) is 0 Å². The summed E-state index contributed by atoms with van der Waals surface area (Å²) in [6.07, 6.45) is 0. The number of rotatable bonds is 1. The third-order valence-corrected chi connectivity index (χ3v) is 3.55. The van der Waals surface area contributed by atoms with Crippen molar-refractivity contribution in [2.75, 3.05) is 31.1 Å². The summed E-state index contributed by atoms with van der Waals surface area (Å²) in [5.41, 5.74) is 1.04. The molecule has 82 valence electrons. The number of quaternary nitrogens is 1. The van der Waals surface area contributed by atoms with E-state index < -0.39 is 0 Å². The van der Waals surface area contributed by atoms with Crippen molar-refractivity contribution in [1.82, 2.24) is 0 Å². The Balaban J connectivity index is 2.19. The van der Waals surface area contributed by atoms with Gasteiger partial charge >= 0.3 is 0 Å². The van der Waals surface area contributed by atoms with Gasteiger partial charge in [0.05, 0.1) is 41.9 Å². The van der Waals surface area contributed by atoms with Crippen molar-refractivity contribution in [3.05, 3.63) is 35.3 Å². The molecule has 4 heteroatoms. The number of benzene rings is 1. The molecule has 1 aliphatic heterocycles. The van der Waals surface area contributed by atoms with Crippen LogP contribution in [-0.2, 0) is 0 Å². The van der Waals surface area contributed by atoms with Crippen LogP contribution >= 0.6 is 23.2 Å². The van der Waals surface area contributed by atoms with E-state index in [4.69, 9.17) is 23.2 Å². The van der Waals surface area contributed by atoms with Crippen molar-refractivity contribution >= 4 is 28.9 Å². The summed E-state index contributed by atoms with van der Waals surface area (Å²) in [5.74, 6) is 0. The number of anilines is 1. The maximum absolute atomic E-state index is 6.17. The highest BCUT2D eigenvalue weighted by Crippen LogP contribution is 2.32. The van der Waals surface area contributed by atoms with Gasteiger partial charge in [-0.15, -0.1) is 0 Å².